The third kappa shape index (κ3) is 4.86. The average molecular weight is 460 g/mol. The highest BCUT2D eigenvalue weighted by Gasteiger charge is 2.20. The quantitative estimate of drug-likeness (QED) is 0.562. The topological polar surface area (TPSA) is 94.1 Å². The minimum Gasteiger partial charge on any atom is -0.342 e. The van der Waals surface area contributed by atoms with E-state index in [1.165, 1.54) is 17.0 Å². The molecule has 3 heterocycles. The molecule has 1 aromatic carbocycles. The maximum absolute atomic E-state index is 12.7. The minimum absolute atomic E-state index is 0.00743. The lowest BCUT2D eigenvalue weighted by Crippen LogP contribution is -2.30. The number of carbonyl (C=O) groups excluding carboxylic acids is 1. The van der Waals surface area contributed by atoms with Gasteiger partial charge in [0.1, 0.15) is 11.6 Å². The second-order valence-corrected chi connectivity index (χ2v) is 8.06. The fraction of sp³-hybridized carbons (Fsp3) is 0.286. The summed E-state index contributed by atoms with van der Waals surface area (Å²) in [4.78, 5) is 30.5. The van der Waals surface area contributed by atoms with Crippen molar-refractivity contribution < 1.29 is 9.32 Å². The molecule has 0 saturated heterocycles. The number of halogens is 2. The van der Waals surface area contributed by atoms with Crippen LogP contribution in [-0.2, 0) is 24.2 Å². The lowest BCUT2D eigenvalue weighted by molar-refractivity contribution is -0.125. The summed E-state index contributed by atoms with van der Waals surface area (Å²) in [5.41, 5.74) is 1.80. The zero-order valence-electron chi connectivity index (χ0n) is 16.7. The molecular formula is C21H19Cl2N5O3. The number of hydrogen-bond donors (Lipinski definition) is 0. The van der Waals surface area contributed by atoms with Crippen LogP contribution in [0.25, 0.3) is 5.57 Å². The van der Waals surface area contributed by atoms with Gasteiger partial charge in [-0.05, 0) is 36.1 Å². The van der Waals surface area contributed by atoms with Gasteiger partial charge in [-0.3, -0.25) is 9.59 Å². The standard InChI is InChI=1S/C21H19Cl2N5O3/c1-27-9-8-14(10-19(27)29)16-11-24-28(21(30)20(16)23)12-18-25-17(26-31-18)7-4-13-2-5-15(22)6-3-13/h2-3,5-6,10-11H,4,7-9,12H2,1H3. The Morgan fingerprint density at radius 1 is 1.13 bits per heavy atom. The van der Waals surface area contributed by atoms with Crippen LogP contribution in [0.15, 0.2) is 45.9 Å². The first-order valence-corrected chi connectivity index (χ1v) is 10.4. The van der Waals surface area contributed by atoms with Gasteiger partial charge in [0.05, 0.1) is 6.20 Å². The van der Waals surface area contributed by atoms with E-state index < -0.39 is 5.56 Å². The van der Waals surface area contributed by atoms with Crippen molar-refractivity contribution in [1.29, 1.82) is 0 Å². The van der Waals surface area contributed by atoms with Crippen molar-refractivity contribution in [3.05, 3.63) is 79.8 Å². The molecule has 160 valence electrons. The number of likely N-dealkylation sites (N-methyl/N-ethyl adjacent to an activating group) is 1. The van der Waals surface area contributed by atoms with Gasteiger partial charge >= 0.3 is 0 Å². The SMILES string of the molecule is CN1CCC(c2cnn(Cc3nc(CCc4ccc(Cl)cc4)no3)c(=O)c2Cl)=CC1=O. The molecular weight excluding hydrogens is 441 g/mol. The van der Waals surface area contributed by atoms with Crippen molar-refractivity contribution in [1.82, 2.24) is 24.8 Å². The van der Waals surface area contributed by atoms with Gasteiger partial charge in [0, 0.05) is 36.7 Å². The molecule has 1 aliphatic heterocycles. The Bertz CT molecular complexity index is 1200. The van der Waals surface area contributed by atoms with Crippen molar-refractivity contribution in [2.24, 2.45) is 0 Å². The summed E-state index contributed by atoms with van der Waals surface area (Å²) in [6.45, 7) is 0.568. The van der Waals surface area contributed by atoms with Crippen LogP contribution in [0.3, 0.4) is 0 Å². The molecule has 2 aromatic heterocycles. The molecule has 8 nitrogen and oxygen atoms in total. The molecule has 4 rings (SSSR count). The Hall–Kier alpha value is -2.97. The maximum atomic E-state index is 12.7. The Labute approximate surface area is 188 Å². The van der Waals surface area contributed by atoms with Crippen LogP contribution >= 0.6 is 23.2 Å². The lowest BCUT2D eigenvalue weighted by Gasteiger charge is -2.22. The van der Waals surface area contributed by atoms with Gasteiger partial charge in [-0.1, -0.05) is 40.5 Å². The highest BCUT2D eigenvalue weighted by atomic mass is 35.5. The summed E-state index contributed by atoms with van der Waals surface area (Å²) >= 11 is 12.2. The van der Waals surface area contributed by atoms with E-state index in [1.807, 2.05) is 24.3 Å². The molecule has 0 spiro atoms. The molecule has 3 aromatic rings. The van der Waals surface area contributed by atoms with E-state index in [1.54, 1.807) is 11.9 Å². The Morgan fingerprint density at radius 3 is 2.65 bits per heavy atom. The molecule has 0 fully saturated rings. The summed E-state index contributed by atoms with van der Waals surface area (Å²) in [6.07, 6.45) is 4.91. The van der Waals surface area contributed by atoms with E-state index in [-0.39, 0.29) is 23.4 Å². The summed E-state index contributed by atoms with van der Waals surface area (Å²) in [6, 6.07) is 7.57. The van der Waals surface area contributed by atoms with E-state index in [2.05, 4.69) is 15.2 Å². The molecule has 0 N–H and O–H groups in total. The summed E-state index contributed by atoms with van der Waals surface area (Å²) in [5.74, 6) is 0.674. The highest BCUT2D eigenvalue weighted by molar-refractivity contribution is 6.32. The number of aryl methyl sites for hydroxylation is 2. The molecule has 1 aliphatic rings. The first-order chi connectivity index (χ1) is 14.9. The Morgan fingerprint density at radius 2 is 1.90 bits per heavy atom. The monoisotopic (exact) mass is 459 g/mol. The van der Waals surface area contributed by atoms with Crippen LogP contribution in [0, 0.1) is 0 Å². The molecule has 10 heteroatoms. The fourth-order valence-electron chi connectivity index (χ4n) is 3.23. The Balaban J connectivity index is 1.46. The van der Waals surface area contributed by atoms with Gasteiger partial charge in [-0.15, -0.1) is 0 Å². The summed E-state index contributed by atoms with van der Waals surface area (Å²) in [7, 11) is 1.72. The first-order valence-electron chi connectivity index (χ1n) is 9.68. The second-order valence-electron chi connectivity index (χ2n) is 7.25. The van der Waals surface area contributed by atoms with E-state index >= 15 is 0 Å². The van der Waals surface area contributed by atoms with Crippen molar-refractivity contribution in [3.8, 4) is 0 Å². The van der Waals surface area contributed by atoms with Crippen LogP contribution in [-0.4, -0.2) is 44.3 Å². The molecule has 0 atom stereocenters. The molecule has 0 bridgehead atoms. The molecule has 1 amide bonds. The number of amides is 1. The molecule has 0 aliphatic carbocycles. The van der Waals surface area contributed by atoms with Gasteiger partial charge in [0.25, 0.3) is 5.56 Å². The van der Waals surface area contributed by atoms with E-state index in [4.69, 9.17) is 27.7 Å². The number of carbonyl (C=O) groups is 1. The molecule has 0 saturated carbocycles. The lowest BCUT2D eigenvalue weighted by atomic mass is 10.0. The van der Waals surface area contributed by atoms with Gasteiger partial charge in [0.15, 0.2) is 5.82 Å². The highest BCUT2D eigenvalue weighted by Crippen LogP contribution is 2.25. The van der Waals surface area contributed by atoms with Crippen LogP contribution in [0.5, 0.6) is 0 Å². The largest absolute Gasteiger partial charge is 0.342 e. The van der Waals surface area contributed by atoms with E-state index in [9.17, 15) is 9.59 Å². The molecule has 0 unspecified atom stereocenters. The predicted molar refractivity (Wildman–Crippen MR) is 116 cm³/mol. The van der Waals surface area contributed by atoms with Crippen molar-refractivity contribution in [2.45, 2.75) is 25.8 Å². The van der Waals surface area contributed by atoms with Crippen LogP contribution in [0.2, 0.25) is 10.0 Å². The smallest absolute Gasteiger partial charge is 0.286 e. The third-order valence-electron chi connectivity index (χ3n) is 5.07. The van der Waals surface area contributed by atoms with Gasteiger partial charge in [-0.2, -0.15) is 10.1 Å². The van der Waals surface area contributed by atoms with Crippen molar-refractivity contribution in [2.75, 3.05) is 13.6 Å². The predicted octanol–water partition coefficient (Wildman–Crippen LogP) is 3.01. The Kier molecular flexibility index (Phi) is 6.20. The van der Waals surface area contributed by atoms with Crippen molar-refractivity contribution in [3.63, 3.8) is 0 Å². The fourth-order valence-corrected chi connectivity index (χ4v) is 3.63. The van der Waals surface area contributed by atoms with E-state index in [0.29, 0.717) is 41.4 Å². The average Bonchev–Trinajstić information content (AvgIpc) is 3.21. The van der Waals surface area contributed by atoms with Gasteiger partial charge < -0.3 is 9.42 Å². The maximum Gasteiger partial charge on any atom is 0.286 e. The number of hydrogen-bond acceptors (Lipinski definition) is 6. The first kappa shape index (κ1) is 21.3. The number of nitrogens with zero attached hydrogens (tertiary/aromatic N) is 5. The third-order valence-corrected chi connectivity index (χ3v) is 5.68. The minimum atomic E-state index is -0.479. The second kappa shape index (κ2) is 9.03. The van der Waals surface area contributed by atoms with Gasteiger partial charge in [0.2, 0.25) is 11.8 Å². The number of benzene rings is 1. The normalized spacial score (nSPS) is 14.1. The number of aromatic nitrogens is 4. The van der Waals surface area contributed by atoms with Crippen molar-refractivity contribution >= 4 is 34.7 Å². The van der Waals surface area contributed by atoms with Crippen LogP contribution in [0.1, 0.15) is 29.3 Å². The summed E-state index contributed by atoms with van der Waals surface area (Å²) < 4.78 is 6.42. The van der Waals surface area contributed by atoms with Crippen LogP contribution in [0.4, 0.5) is 0 Å². The summed E-state index contributed by atoms with van der Waals surface area (Å²) in [5, 5.41) is 8.84. The molecule has 31 heavy (non-hydrogen) atoms. The van der Waals surface area contributed by atoms with Gasteiger partial charge in [-0.25, -0.2) is 4.68 Å². The zero-order chi connectivity index (χ0) is 22.0. The number of rotatable bonds is 6. The zero-order valence-corrected chi connectivity index (χ0v) is 18.2. The molecule has 0 radical (unpaired) electrons. The van der Waals surface area contributed by atoms with Crippen LogP contribution < -0.4 is 5.56 Å². The van der Waals surface area contributed by atoms with E-state index in [0.717, 1.165) is 12.0 Å².